The third-order valence-corrected chi connectivity index (χ3v) is 5.85. The first kappa shape index (κ1) is 17.0. The second kappa shape index (κ2) is 6.78. The molecule has 0 atom stereocenters. The van der Waals surface area contributed by atoms with Gasteiger partial charge in [0.15, 0.2) is 11.5 Å². The smallest absolute Gasteiger partial charge is 0.180 e. The van der Waals surface area contributed by atoms with E-state index >= 15 is 0 Å². The third kappa shape index (κ3) is 3.07. The van der Waals surface area contributed by atoms with Crippen molar-refractivity contribution in [2.75, 3.05) is 50.0 Å². The first-order valence-corrected chi connectivity index (χ1v) is 9.94. The monoisotopic (exact) mass is 428 g/mol. The summed E-state index contributed by atoms with van der Waals surface area (Å²) in [5, 5.41) is 0. The standard InChI is InChI=1S/C19H21BrN6O/c20-17-10-26-16(9-22-19(26)18(21)23-17)13-1-3-14(4-2-13)24-5-7-25(8-6-24)15-11-27-12-15/h1-4,9-10,15H,5-8,11-12H2,(H2,21,23). The molecule has 2 saturated heterocycles. The minimum atomic E-state index is 0.418. The molecule has 1 aromatic carbocycles. The summed E-state index contributed by atoms with van der Waals surface area (Å²) in [6.07, 6.45) is 3.74. The van der Waals surface area contributed by atoms with Crippen LogP contribution in [0.4, 0.5) is 11.5 Å². The molecule has 2 aliphatic rings. The molecule has 4 heterocycles. The van der Waals surface area contributed by atoms with Crippen LogP contribution in [-0.2, 0) is 4.74 Å². The SMILES string of the molecule is Nc1nc(Br)cn2c(-c3ccc(N4CCN(C5COC5)CC4)cc3)cnc12. The number of nitrogen functional groups attached to an aromatic ring is 1. The van der Waals surface area contributed by atoms with Gasteiger partial charge in [-0.25, -0.2) is 9.97 Å². The Morgan fingerprint density at radius 2 is 1.81 bits per heavy atom. The van der Waals surface area contributed by atoms with Gasteiger partial charge < -0.3 is 15.4 Å². The highest BCUT2D eigenvalue weighted by molar-refractivity contribution is 9.10. The molecule has 0 radical (unpaired) electrons. The Morgan fingerprint density at radius 3 is 2.48 bits per heavy atom. The molecule has 140 valence electrons. The molecule has 7 nitrogen and oxygen atoms in total. The second-order valence-electron chi connectivity index (χ2n) is 7.05. The number of benzene rings is 1. The normalized spacial score (nSPS) is 18.8. The van der Waals surface area contributed by atoms with Crippen LogP contribution in [0.15, 0.2) is 41.3 Å². The average Bonchev–Trinajstić information content (AvgIpc) is 3.05. The average molecular weight is 429 g/mol. The zero-order valence-electron chi connectivity index (χ0n) is 14.9. The summed E-state index contributed by atoms with van der Waals surface area (Å²) in [7, 11) is 0. The maximum atomic E-state index is 5.97. The predicted octanol–water partition coefficient (Wildman–Crippen LogP) is 2.26. The molecule has 0 spiro atoms. The van der Waals surface area contributed by atoms with Crippen molar-refractivity contribution in [3.8, 4) is 11.3 Å². The number of hydrogen-bond donors (Lipinski definition) is 1. The van der Waals surface area contributed by atoms with Crippen molar-refractivity contribution in [1.82, 2.24) is 19.3 Å². The number of piperazine rings is 1. The number of nitrogens with two attached hydrogens (primary N) is 1. The van der Waals surface area contributed by atoms with Crippen molar-refractivity contribution in [3.63, 3.8) is 0 Å². The van der Waals surface area contributed by atoms with Crippen LogP contribution in [0.25, 0.3) is 16.9 Å². The van der Waals surface area contributed by atoms with Crippen LogP contribution < -0.4 is 10.6 Å². The maximum absolute atomic E-state index is 5.97. The number of ether oxygens (including phenoxy) is 1. The molecule has 0 unspecified atom stereocenters. The molecule has 8 heteroatoms. The summed E-state index contributed by atoms with van der Waals surface area (Å²) in [4.78, 5) is 13.6. The number of fused-ring (bicyclic) bond motifs is 1. The molecule has 0 aliphatic carbocycles. The Morgan fingerprint density at radius 1 is 1.07 bits per heavy atom. The molecule has 2 fully saturated rings. The van der Waals surface area contributed by atoms with Gasteiger partial charge in [-0.05, 0) is 28.1 Å². The molecule has 2 aliphatic heterocycles. The number of halogens is 1. The highest BCUT2D eigenvalue weighted by atomic mass is 79.9. The summed E-state index contributed by atoms with van der Waals surface area (Å²) in [5.41, 5.74) is 10.0. The number of anilines is 2. The van der Waals surface area contributed by atoms with Crippen LogP contribution in [0, 0.1) is 0 Å². The lowest BCUT2D eigenvalue weighted by molar-refractivity contribution is -0.0660. The van der Waals surface area contributed by atoms with Gasteiger partial charge in [-0.2, -0.15) is 0 Å². The molecule has 0 amide bonds. The minimum absolute atomic E-state index is 0.418. The van der Waals surface area contributed by atoms with Gasteiger partial charge in [-0.3, -0.25) is 9.30 Å². The molecule has 2 N–H and O–H groups in total. The summed E-state index contributed by atoms with van der Waals surface area (Å²) >= 11 is 3.40. The van der Waals surface area contributed by atoms with Crippen molar-refractivity contribution in [2.45, 2.75) is 6.04 Å². The van der Waals surface area contributed by atoms with E-state index in [2.05, 4.69) is 60.0 Å². The first-order valence-electron chi connectivity index (χ1n) is 9.15. The maximum Gasteiger partial charge on any atom is 0.180 e. The van der Waals surface area contributed by atoms with Gasteiger partial charge in [-0.15, -0.1) is 0 Å². The Bertz CT molecular complexity index is 960. The van der Waals surface area contributed by atoms with Crippen LogP contribution >= 0.6 is 15.9 Å². The summed E-state index contributed by atoms with van der Waals surface area (Å²) in [6.45, 7) is 6.10. The molecule has 5 rings (SSSR count). The Labute approximate surface area is 165 Å². The second-order valence-corrected chi connectivity index (χ2v) is 7.86. The predicted molar refractivity (Wildman–Crippen MR) is 109 cm³/mol. The van der Waals surface area contributed by atoms with E-state index in [1.54, 1.807) is 0 Å². The highest BCUT2D eigenvalue weighted by Gasteiger charge is 2.28. The Kier molecular flexibility index (Phi) is 4.26. The number of rotatable bonds is 3. The largest absolute Gasteiger partial charge is 0.381 e. The topological polar surface area (TPSA) is 71.9 Å². The van der Waals surface area contributed by atoms with Gasteiger partial charge in [0.1, 0.15) is 4.60 Å². The lowest BCUT2D eigenvalue weighted by atomic mass is 10.1. The van der Waals surface area contributed by atoms with E-state index in [1.807, 2.05) is 16.8 Å². The van der Waals surface area contributed by atoms with Crippen LogP contribution in [0.5, 0.6) is 0 Å². The van der Waals surface area contributed by atoms with Gasteiger partial charge >= 0.3 is 0 Å². The highest BCUT2D eigenvalue weighted by Crippen LogP contribution is 2.27. The van der Waals surface area contributed by atoms with E-state index < -0.39 is 0 Å². The fourth-order valence-electron chi connectivity index (χ4n) is 3.82. The van der Waals surface area contributed by atoms with Crippen molar-refractivity contribution in [3.05, 3.63) is 41.3 Å². The first-order chi connectivity index (χ1) is 13.2. The zero-order chi connectivity index (χ0) is 18.4. The summed E-state index contributed by atoms with van der Waals surface area (Å²) in [6, 6.07) is 9.31. The van der Waals surface area contributed by atoms with Gasteiger partial charge in [0.2, 0.25) is 0 Å². The molecule has 27 heavy (non-hydrogen) atoms. The summed E-state index contributed by atoms with van der Waals surface area (Å²) in [5.74, 6) is 0.418. The van der Waals surface area contributed by atoms with Gasteiger partial charge in [-0.1, -0.05) is 12.1 Å². The van der Waals surface area contributed by atoms with Crippen molar-refractivity contribution < 1.29 is 4.74 Å². The molecule has 3 aromatic rings. The number of nitrogens with zero attached hydrogens (tertiary/aromatic N) is 5. The van der Waals surface area contributed by atoms with E-state index in [-0.39, 0.29) is 0 Å². The lowest BCUT2D eigenvalue weighted by Crippen LogP contribution is -2.56. The van der Waals surface area contributed by atoms with Crippen LogP contribution in [0.3, 0.4) is 0 Å². The minimum Gasteiger partial charge on any atom is -0.381 e. The summed E-state index contributed by atoms with van der Waals surface area (Å²) < 4.78 is 7.98. The third-order valence-electron chi connectivity index (χ3n) is 5.47. The molecular formula is C19H21BrN6O. The lowest BCUT2D eigenvalue weighted by Gasteiger charge is -2.43. The molecule has 0 saturated carbocycles. The van der Waals surface area contributed by atoms with E-state index in [0.29, 0.717) is 22.1 Å². The fourth-order valence-corrected chi connectivity index (χ4v) is 4.21. The number of hydrogen-bond acceptors (Lipinski definition) is 6. The number of imidazole rings is 1. The molecule has 0 bridgehead atoms. The quantitative estimate of drug-likeness (QED) is 0.689. The zero-order valence-corrected chi connectivity index (χ0v) is 16.5. The Balaban J connectivity index is 1.35. The van der Waals surface area contributed by atoms with E-state index in [0.717, 1.165) is 50.7 Å². The van der Waals surface area contributed by atoms with Crippen LogP contribution in [0.2, 0.25) is 0 Å². The number of aromatic nitrogens is 3. The van der Waals surface area contributed by atoms with Crippen LogP contribution in [0.1, 0.15) is 0 Å². The van der Waals surface area contributed by atoms with E-state index in [9.17, 15) is 0 Å². The van der Waals surface area contributed by atoms with Crippen molar-refractivity contribution in [2.24, 2.45) is 0 Å². The molecule has 2 aromatic heterocycles. The van der Waals surface area contributed by atoms with E-state index in [1.165, 1.54) is 5.69 Å². The van der Waals surface area contributed by atoms with Crippen molar-refractivity contribution in [1.29, 1.82) is 0 Å². The van der Waals surface area contributed by atoms with Gasteiger partial charge in [0.05, 0.1) is 31.1 Å². The van der Waals surface area contributed by atoms with Gasteiger partial charge in [0.25, 0.3) is 0 Å². The van der Waals surface area contributed by atoms with Gasteiger partial charge in [0, 0.05) is 43.6 Å². The Hall–Kier alpha value is -2.16. The fraction of sp³-hybridized carbons (Fsp3) is 0.368. The van der Waals surface area contributed by atoms with Crippen molar-refractivity contribution >= 4 is 33.1 Å². The van der Waals surface area contributed by atoms with Crippen LogP contribution in [-0.4, -0.2) is 64.7 Å². The van der Waals surface area contributed by atoms with E-state index in [4.69, 9.17) is 10.5 Å². The molecular weight excluding hydrogens is 408 g/mol.